The number of aliphatic hydroxyl groups is 1. The molecule has 1 aromatic heterocycles. The highest BCUT2D eigenvalue weighted by Gasteiger charge is 2.05. The van der Waals surface area contributed by atoms with Gasteiger partial charge in [-0.2, -0.15) is 0 Å². The summed E-state index contributed by atoms with van der Waals surface area (Å²) in [6.45, 7) is 1.83. The van der Waals surface area contributed by atoms with Gasteiger partial charge in [0.25, 0.3) is 5.91 Å². The van der Waals surface area contributed by atoms with Crippen molar-refractivity contribution in [2.75, 3.05) is 6.54 Å². The predicted molar refractivity (Wildman–Crippen MR) is 46.0 cm³/mol. The molecular formula is C8H11N3O2. The second kappa shape index (κ2) is 4.51. The molecule has 1 rings (SSSR count). The molecule has 0 saturated heterocycles. The van der Waals surface area contributed by atoms with Crippen molar-refractivity contribution in [3.05, 3.63) is 24.3 Å². The zero-order valence-electron chi connectivity index (χ0n) is 7.27. The van der Waals surface area contributed by atoms with Gasteiger partial charge in [0.15, 0.2) is 0 Å². The fourth-order valence-corrected chi connectivity index (χ4v) is 0.759. The number of aromatic nitrogens is 2. The molecule has 0 aliphatic heterocycles. The molecule has 0 spiro atoms. The summed E-state index contributed by atoms with van der Waals surface area (Å²) in [4.78, 5) is 18.6. The largest absolute Gasteiger partial charge is 0.392 e. The first-order valence-electron chi connectivity index (χ1n) is 3.91. The lowest BCUT2D eigenvalue weighted by molar-refractivity contribution is 0.0923. The van der Waals surface area contributed by atoms with Crippen molar-refractivity contribution in [1.29, 1.82) is 0 Å². The average Bonchev–Trinajstić information content (AvgIpc) is 2.15. The van der Waals surface area contributed by atoms with E-state index in [9.17, 15) is 4.79 Å². The lowest BCUT2D eigenvalue weighted by atomic mass is 10.3. The Morgan fingerprint density at radius 2 is 2.23 bits per heavy atom. The molecule has 0 aliphatic carbocycles. The Balaban J connectivity index is 2.50. The van der Waals surface area contributed by atoms with Gasteiger partial charge in [-0.15, -0.1) is 0 Å². The summed E-state index contributed by atoms with van der Waals surface area (Å²) in [5, 5.41) is 11.4. The molecule has 0 aromatic carbocycles. The normalized spacial score (nSPS) is 12.2. The highest BCUT2D eigenvalue weighted by atomic mass is 16.3. The topological polar surface area (TPSA) is 75.1 Å². The molecule has 0 saturated carbocycles. The number of nitrogens with zero attached hydrogens (tertiary/aromatic N) is 2. The van der Waals surface area contributed by atoms with E-state index in [4.69, 9.17) is 5.11 Å². The van der Waals surface area contributed by atoms with Crippen LogP contribution in [0, 0.1) is 0 Å². The second-order valence-corrected chi connectivity index (χ2v) is 2.69. The summed E-state index contributed by atoms with van der Waals surface area (Å²) in [6.07, 6.45) is 3.65. The fraction of sp³-hybridized carbons (Fsp3) is 0.375. The minimum Gasteiger partial charge on any atom is -0.392 e. The van der Waals surface area contributed by atoms with Crippen LogP contribution in [0.2, 0.25) is 0 Å². The molecule has 1 amide bonds. The third-order valence-electron chi connectivity index (χ3n) is 1.38. The van der Waals surface area contributed by atoms with E-state index in [0.29, 0.717) is 5.56 Å². The molecule has 0 fully saturated rings. The van der Waals surface area contributed by atoms with Gasteiger partial charge < -0.3 is 10.4 Å². The Morgan fingerprint density at radius 1 is 1.62 bits per heavy atom. The maximum absolute atomic E-state index is 11.2. The first kappa shape index (κ1) is 9.60. The van der Waals surface area contributed by atoms with E-state index in [1.807, 2.05) is 0 Å². The summed E-state index contributed by atoms with van der Waals surface area (Å²) < 4.78 is 0. The van der Waals surface area contributed by atoms with Gasteiger partial charge in [0.2, 0.25) is 0 Å². The predicted octanol–water partition coefficient (Wildman–Crippen LogP) is -0.413. The molecule has 1 atom stereocenters. The third kappa shape index (κ3) is 3.16. The van der Waals surface area contributed by atoms with Crippen molar-refractivity contribution in [3.63, 3.8) is 0 Å². The van der Waals surface area contributed by atoms with Crippen LogP contribution >= 0.6 is 0 Å². The van der Waals surface area contributed by atoms with Crippen LogP contribution in [-0.4, -0.2) is 33.6 Å². The van der Waals surface area contributed by atoms with Crippen LogP contribution in [0.15, 0.2) is 18.7 Å². The van der Waals surface area contributed by atoms with Crippen molar-refractivity contribution in [2.45, 2.75) is 13.0 Å². The molecular weight excluding hydrogens is 170 g/mol. The summed E-state index contributed by atoms with van der Waals surface area (Å²) in [7, 11) is 0. The van der Waals surface area contributed by atoms with Gasteiger partial charge in [-0.1, -0.05) is 0 Å². The van der Waals surface area contributed by atoms with Crippen molar-refractivity contribution < 1.29 is 9.90 Å². The summed E-state index contributed by atoms with van der Waals surface area (Å²) in [5.41, 5.74) is 0.392. The van der Waals surface area contributed by atoms with Gasteiger partial charge in [-0.3, -0.25) is 4.79 Å². The van der Waals surface area contributed by atoms with Crippen molar-refractivity contribution in [3.8, 4) is 0 Å². The van der Waals surface area contributed by atoms with Crippen molar-refractivity contribution in [2.24, 2.45) is 0 Å². The average molecular weight is 181 g/mol. The van der Waals surface area contributed by atoms with E-state index in [2.05, 4.69) is 15.3 Å². The van der Waals surface area contributed by atoms with Crippen LogP contribution in [-0.2, 0) is 0 Å². The molecule has 2 N–H and O–H groups in total. The Labute approximate surface area is 75.8 Å². The minimum atomic E-state index is -0.548. The molecule has 70 valence electrons. The molecule has 1 heterocycles. The Hall–Kier alpha value is -1.49. The summed E-state index contributed by atoms with van der Waals surface area (Å²) in [6, 6.07) is 0. The van der Waals surface area contributed by atoms with E-state index in [1.165, 1.54) is 18.7 Å². The highest BCUT2D eigenvalue weighted by Crippen LogP contribution is 1.91. The molecule has 13 heavy (non-hydrogen) atoms. The number of hydrogen-bond donors (Lipinski definition) is 2. The first-order chi connectivity index (χ1) is 6.20. The van der Waals surface area contributed by atoms with E-state index >= 15 is 0 Å². The fourth-order valence-electron chi connectivity index (χ4n) is 0.759. The SMILES string of the molecule is C[C@@H](O)CNC(=O)c1cncnc1. The summed E-state index contributed by atoms with van der Waals surface area (Å²) >= 11 is 0. The number of amides is 1. The number of rotatable bonds is 3. The molecule has 5 heteroatoms. The van der Waals surface area contributed by atoms with Crippen LogP contribution in [0.1, 0.15) is 17.3 Å². The summed E-state index contributed by atoms with van der Waals surface area (Å²) in [5.74, 6) is -0.276. The van der Waals surface area contributed by atoms with E-state index in [1.54, 1.807) is 6.92 Å². The van der Waals surface area contributed by atoms with E-state index in [0.717, 1.165) is 0 Å². The Kier molecular flexibility index (Phi) is 3.33. The maximum Gasteiger partial charge on any atom is 0.254 e. The van der Waals surface area contributed by atoms with E-state index < -0.39 is 6.10 Å². The van der Waals surface area contributed by atoms with Crippen LogP contribution in [0.3, 0.4) is 0 Å². The zero-order chi connectivity index (χ0) is 9.68. The second-order valence-electron chi connectivity index (χ2n) is 2.69. The smallest absolute Gasteiger partial charge is 0.254 e. The lowest BCUT2D eigenvalue weighted by Gasteiger charge is -2.05. The van der Waals surface area contributed by atoms with Crippen molar-refractivity contribution >= 4 is 5.91 Å². The Bertz CT molecular complexity index is 274. The Morgan fingerprint density at radius 3 is 2.77 bits per heavy atom. The minimum absolute atomic E-state index is 0.230. The van der Waals surface area contributed by atoms with Crippen LogP contribution in [0.4, 0.5) is 0 Å². The quantitative estimate of drug-likeness (QED) is 0.664. The zero-order valence-corrected chi connectivity index (χ0v) is 7.27. The lowest BCUT2D eigenvalue weighted by Crippen LogP contribution is -2.30. The molecule has 1 aromatic rings. The molecule has 0 aliphatic rings. The number of aliphatic hydroxyl groups excluding tert-OH is 1. The number of carbonyl (C=O) groups excluding carboxylic acids is 1. The monoisotopic (exact) mass is 181 g/mol. The highest BCUT2D eigenvalue weighted by molar-refractivity contribution is 5.93. The number of nitrogens with one attached hydrogen (secondary N) is 1. The van der Waals surface area contributed by atoms with Gasteiger partial charge in [-0.05, 0) is 6.92 Å². The first-order valence-corrected chi connectivity index (χ1v) is 3.91. The van der Waals surface area contributed by atoms with Crippen molar-refractivity contribution in [1.82, 2.24) is 15.3 Å². The van der Waals surface area contributed by atoms with Crippen LogP contribution in [0.5, 0.6) is 0 Å². The standard InChI is InChI=1S/C8H11N3O2/c1-6(12)2-11-8(13)7-3-9-5-10-4-7/h3-6,12H,2H2,1H3,(H,11,13)/t6-/m1/s1. The molecule has 5 nitrogen and oxygen atoms in total. The van der Waals surface area contributed by atoms with Gasteiger partial charge >= 0.3 is 0 Å². The maximum atomic E-state index is 11.2. The molecule has 0 radical (unpaired) electrons. The molecule has 0 unspecified atom stereocenters. The third-order valence-corrected chi connectivity index (χ3v) is 1.38. The number of hydrogen-bond acceptors (Lipinski definition) is 4. The van der Waals surface area contributed by atoms with Gasteiger partial charge in [-0.25, -0.2) is 9.97 Å². The van der Waals surface area contributed by atoms with Gasteiger partial charge in [0.05, 0.1) is 11.7 Å². The van der Waals surface area contributed by atoms with Gasteiger partial charge in [0, 0.05) is 18.9 Å². The molecule has 0 bridgehead atoms. The van der Waals surface area contributed by atoms with Gasteiger partial charge in [0.1, 0.15) is 6.33 Å². The van der Waals surface area contributed by atoms with Crippen LogP contribution in [0.25, 0.3) is 0 Å². The number of carbonyl (C=O) groups is 1. The van der Waals surface area contributed by atoms with E-state index in [-0.39, 0.29) is 12.5 Å². The van der Waals surface area contributed by atoms with Crippen LogP contribution < -0.4 is 5.32 Å².